The summed E-state index contributed by atoms with van der Waals surface area (Å²) in [5, 5.41) is 60.6. The minimum Gasteiger partial charge on any atom is -0.508 e. The summed E-state index contributed by atoms with van der Waals surface area (Å²) >= 11 is 0. The van der Waals surface area contributed by atoms with Gasteiger partial charge in [0.2, 0.25) is 12.1 Å². The van der Waals surface area contributed by atoms with E-state index in [0.717, 1.165) is 5.57 Å². The predicted molar refractivity (Wildman–Crippen MR) is 103 cm³/mol. The molecule has 2 heterocycles. The Morgan fingerprint density at radius 1 is 1.16 bits per heavy atom. The summed E-state index contributed by atoms with van der Waals surface area (Å²) in [5.74, 6) is -0.916. The SMILES string of the molecule is CC(C)=CC[C@]12O[C@H]1[C@@H](O)c1c(O)ccc(O[C@@H]3O[C@H](CO)[C@@H](O)[C@H](O)[C@H]3O)c1C2=O. The second-order valence-electron chi connectivity index (χ2n) is 8.37. The summed E-state index contributed by atoms with van der Waals surface area (Å²) in [7, 11) is 0. The van der Waals surface area contributed by atoms with Crippen molar-refractivity contribution in [3.63, 3.8) is 0 Å². The second-order valence-corrected chi connectivity index (χ2v) is 8.37. The maximum Gasteiger partial charge on any atom is 0.229 e. The van der Waals surface area contributed by atoms with E-state index in [1.165, 1.54) is 12.1 Å². The monoisotopic (exact) mass is 438 g/mol. The molecule has 1 aliphatic carbocycles. The van der Waals surface area contributed by atoms with Crippen molar-refractivity contribution in [1.82, 2.24) is 0 Å². The molecule has 0 unspecified atom stereocenters. The van der Waals surface area contributed by atoms with Gasteiger partial charge in [0.05, 0.1) is 12.2 Å². The van der Waals surface area contributed by atoms with Crippen molar-refractivity contribution < 1.29 is 49.6 Å². The van der Waals surface area contributed by atoms with E-state index in [9.17, 15) is 35.4 Å². The smallest absolute Gasteiger partial charge is 0.229 e. The maximum atomic E-state index is 13.4. The average molecular weight is 438 g/mol. The van der Waals surface area contributed by atoms with E-state index in [-0.39, 0.29) is 29.0 Å². The topological polar surface area (TPSA) is 169 Å². The number of hydrogen-bond donors (Lipinski definition) is 6. The zero-order valence-corrected chi connectivity index (χ0v) is 17.0. The fourth-order valence-corrected chi connectivity index (χ4v) is 4.18. The van der Waals surface area contributed by atoms with Crippen molar-refractivity contribution in [3.8, 4) is 11.5 Å². The van der Waals surface area contributed by atoms with Crippen LogP contribution in [-0.2, 0) is 9.47 Å². The van der Waals surface area contributed by atoms with Gasteiger partial charge in [0.1, 0.15) is 48.1 Å². The molecule has 0 amide bonds. The van der Waals surface area contributed by atoms with Gasteiger partial charge in [-0.05, 0) is 26.0 Å². The summed E-state index contributed by atoms with van der Waals surface area (Å²) < 4.78 is 16.6. The number of Topliss-reactive ketones (excluding diaryl/α,β-unsaturated/α-hetero) is 1. The molecule has 2 aliphatic heterocycles. The summed E-state index contributed by atoms with van der Waals surface area (Å²) in [5.41, 5.74) is -0.487. The molecular weight excluding hydrogens is 412 g/mol. The number of ether oxygens (including phenoxy) is 3. The van der Waals surface area contributed by atoms with Crippen LogP contribution in [0.1, 0.15) is 42.3 Å². The van der Waals surface area contributed by atoms with E-state index in [1.54, 1.807) is 0 Å². The molecule has 3 aliphatic rings. The van der Waals surface area contributed by atoms with Crippen LogP contribution in [0.4, 0.5) is 0 Å². The Bertz CT molecular complexity index is 908. The molecule has 1 aromatic rings. The van der Waals surface area contributed by atoms with Crippen molar-refractivity contribution in [2.45, 2.75) is 68.8 Å². The molecule has 2 saturated heterocycles. The van der Waals surface area contributed by atoms with E-state index in [0.29, 0.717) is 0 Å². The molecule has 4 rings (SSSR count). The first-order valence-corrected chi connectivity index (χ1v) is 9.99. The number of rotatable bonds is 5. The third-order valence-corrected chi connectivity index (χ3v) is 6.02. The molecule has 0 radical (unpaired) electrons. The van der Waals surface area contributed by atoms with Gasteiger partial charge in [0.15, 0.2) is 5.60 Å². The van der Waals surface area contributed by atoms with Crippen LogP contribution in [0.5, 0.6) is 11.5 Å². The standard InChI is InChI=1S/C21H26O10/c1-8(2)5-6-21-18(28)13-10(4-3-9(23)12(13)15(25)19(21)31-21)29-20-17(27)16(26)14(24)11(7-22)30-20/h3-5,11,14-17,19-20,22-27H,6-7H2,1-2H3/t11-,14-,15+,16+,17-,19+,20-,21-/m1/s1. The molecule has 0 bridgehead atoms. The molecule has 1 aromatic carbocycles. The highest BCUT2D eigenvalue weighted by atomic mass is 16.7. The number of benzene rings is 1. The van der Waals surface area contributed by atoms with E-state index in [2.05, 4.69) is 0 Å². The third-order valence-electron chi connectivity index (χ3n) is 6.02. The number of carbonyl (C=O) groups is 1. The number of fused-ring (bicyclic) bond motifs is 2. The fraction of sp³-hybridized carbons (Fsp3) is 0.571. The lowest BCUT2D eigenvalue weighted by atomic mass is 9.78. The first-order chi connectivity index (χ1) is 14.6. The van der Waals surface area contributed by atoms with Crippen LogP contribution < -0.4 is 4.74 Å². The zero-order chi connectivity index (χ0) is 22.7. The average Bonchev–Trinajstić information content (AvgIpc) is 3.48. The molecule has 0 aromatic heterocycles. The molecule has 31 heavy (non-hydrogen) atoms. The van der Waals surface area contributed by atoms with Crippen LogP contribution in [0.2, 0.25) is 0 Å². The Kier molecular flexibility index (Phi) is 5.59. The predicted octanol–water partition coefficient (Wildman–Crippen LogP) is -0.706. The van der Waals surface area contributed by atoms with Gasteiger partial charge in [-0.25, -0.2) is 0 Å². The quantitative estimate of drug-likeness (QED) is 0.255. The van der Waals surface area contributed by atoms with Crippen molar-refractivity contribution in [2.75, 3.05) is 6.61 Å². The van der Waals surface area contributed by atoms with Crippen molar-refractivity contribution >= 4 is 5.78 Å². The molecule has 8 atom stereocenters. The number of phenolic OH excluding ortho intramolecular Hbond substituents is 1. The molecule has 0 spiro atoms. The number of epoxide rings is 1. The number of carbonyl (C=O) groups excluding carboxylic acids is 1. The molecule has 170 valence electrons. The highest BCUT2D eigenvalue weighted by Gasteiger charge is 2.69. The van der Waals surface area contributed by atoms with Crippen molar-refractivity contribution in [1.29, 1.82) is 0 Å². The summed E-state index contributed by atoms with van der Waals surface area (Å²) in [6.45, 7) is 3.09. The highest BCUT2D eigenvalue weighted by Crippen LogP contribution is 2.57. The van der Waals surface area contributed by atoms with Gasteiger partial charge < -0.3 is 44.8 Å². The van der Waals surface area contributed by atoms with Gasteiger partial charge in [-0.2, -0.15) is 0 Å². The molecular formula is C21H26O10. The minimum atomic E-state index is -1.68. The van der Waals surface area contributed by atoms with Gasteiger partial charge in [-0.1, -0.05) is 11.6 Å². The first-order valence-electron chi connectivity index (χ1n) is 9.99. The number of allylic oxidation sites excluding steroid dienone is 1. The van der Waals surface area contributed by atoms with Crippen LogP contribution >= 0.6 is 0 Å². The van der Waals surface area contributed by atoms with E-state index in [4.69, 9.17) is 14.2 Å². The number of hydrogen-bond acceptors (Lipinski definition) is 10. The highest BCUT2D eigenvalue weighted by molar-refractivity contribution is 6.10. The molecule has 10 nitrogen and oxygen atoms in total. The Labute approximate surface area is 177 Å². The van der Waals surface area contributed by atoms with Crippen LogP contribution in [0.3, 0.4) is 0 Å². The van der Waals surface area contributed by atoms with Crippen LogP contribution in [0, 0.1) is 0 Å². The van der Waals surface area contributed by atoms with Crippen LogP contribution in [0.25, 0.3) is 0 Å². The molecule has 6 N–H and O–H groups in total. The van der Waals surface area contributed by atoms with Gasteiger partial charge in [0, 0.05) is 12.0 Å². The minimum absolute atomic E-state index is 0.0533. The van der Waals surface area contributed by atoms with Crippen molar-refractivity contribution in [2.24, 2.45) is 0 Å². The van der Waals surface area contributed by atoms with E-state index >= 15 is 0 Å². The lowest BCUT2D eigenvalue weighted by Crippen LogP contribution is -2.60. The third kappa shape index (κ3) is 3.44. The maximum absolute atomic E-state index is 13.4. The number of aliphatic hydroxyl groups excluding tert-OH is 5. The van der Waals surface area contributed by atoms with Gasteiger partial charge in [-0.15, -0.1) is 0 Å². The number of aromatic hydroxyl groups is 1. The Balaban J connectivity index is 1.70. The Morgan fingerprint density at radius 3 is 2.52 bits per heavy atom. The second kappa shape index (κ2) is 7.82. The molecule has 10 heteroatoms. The number of phenols is 1. The van der Waals surface area contributed by atoms with Gasteiger partial charge in [-0.3, -0.25) is 4.79 Å². The summed E-state index contributed by atoms with van der Waals surface area (Å²) in [6.07, 6.45) is -7.68. The summed E-state index contributed by atoms with van der Waals surface area (Å²) in [4.78, 5) is 13.4. The van der Waals surface area contributed by atoms with Crippen molar-refractivity contribution in [3.05, 3.63) is 34.9 Å². The first kappa shape index (κ1) is 22.2. The van der Waals surface area contributed by atoms with E-state index < -0.39 is 60.9 Å². The number of aliphatic hydroxyl groups is 5. The van der Waals surface area contributed by atoms with Crippen LogP contribution in [0.15, 0.2) is 23.8 Å². The molecule has 2 fully saturated rings. The zero-order valence-electron chi connectivity index (χ0n) is 17.0. The molecule has 0 saturated carbocycles. The Morgan fingerprint density at radius 2 is 1.87 bits per heavy atom. The normalized spacial score (nSPS) is 38.8. The largest absolute Gasteiger partial charge is 0.508 e. The van der Waals surface area contributed by atoms with Gasteiger partial charge in [0.25, 0.3) is 0 Å². The number of ketones is 1. The lowest BCUT2D eigenvalue weighted by Gasteiger charge is -2.40. The summed E-state index contributed by atoms with van der Waals surface area (Å²) in [6, 6.07) is 2.50. The fourth-order valence-electron chi connectivity index (χ4n) is 4.18. The van der Waals surface area contributed by atoms with E-state index in [1.807, 2.05) is 19.9 Å². The van der Waals surface area contributed by atoms with Gasteiger partial charge >= 0.3 is 0 Å². The Hall–Kier alpha value is -2.05. The van der Waals surface area contributed by atoms with Crippen LogP contribution in [-0.4, -0.2) is 85.4 Å². The lowest BCUT2D eigenvalue weighted by molar-refractivity contribution is -0.277.